The molecule has 0 saturated carbocycles. The molecule has 0 N–H and O–H groups in total. The molecule has 0 atom stereocenters. The van der Waals surface area contributed by atoms with E-state index in [-0.39, 0.29) is 5.91 Å². The summed E-state index contributed by atoms with van der Waals surface area (Å²) >= 11 is 0. The van der Waals surface area contributed by atoms with E-state index in [1.807, 2.05) is 30.2 Å². The van der Waals surface area contributed by atoms with Gasteiger partial charge in [0.2, 0.25) is 5.88 Å². The fourth-order valence-corrected chi connectivity index (χ4v) is 3.25. The van der Waals surface area contributed by atoms with Crippen LogP contribution in [-0.2, 0) is 0 Å². The van der Waals surface area contributed by atoms with Gasteiger partial charge in [0.25, 0.3) is 5.91 Å². The Morgan fingerprint density at radius 1 is 1.07 bits per heavy atom. The summed E-state index contributed by atoms with van der Waals surface area (Å²) in [6, 6.07) is 7.26. The molecule has 0 bridgehead atoms. The highest BCUT2D eigenvalue weighted by atomic mass is 16.5. The number of methoxy groups -OCH3 is 1. The second-order valence-electron chi connectivity index (χ2n) is 6.42. The molecule has 9 nitrogen and oxygen atoms in total. The second-order valence-corrected chi connectivity index (χ2v) is 6.42. The molecule has 1 saturated heterocycles. The molecule has 3 aromatic heterocycles. The van der Waals surface area contributed by atoms with E-state index in [4.69, 9.17) is 4.74 Å². The van der Waals surface area contributed by atoms with Gasteiger partial charge in [-0.15, -0.1) is 0 Å². The molecule has 9 heteroatoms. The van der Waals surface area contributed by atoms with Crippen molar-refractivity contribution in [3.63, 3.8) is 0 Å². The maximum absolute atomic E-state index is 12.8. The van der Waals surface area contributed by atoms with Gasteiger partial charge < -0.3 is 14.5 Å². The highest BCUT2D eigenvalue weighted by Crippen LogP contribution is 2.20. The molecule has 1 fully saturated rings. The Kier molecular flexibility index (Phi) is 4.88. The molecular weight excluding hydrogens is 358 g/mol. The van der Waals surface area contributed by atoms with Gasteiger partial charge in [0.05, 0.1) is 7.11 Å². The number of amides is 1. The van der Waals surface area contributed by atoms with E-state index >= 15 is 0 Å². The molecule has 0 radical (unpaired) electrons. The number of rotatable bonds is 4. The predicted octanol–water partition coefficient (Wildman–Crippen LogP) is 1.34. The fourth-order valence-electron chi connectivity index (χ4n) is 3.25. The maximum atomic E-state index is 12.8. The van der Waals surface area contributed by atoms with Crippen molar-refractivity contribution in [2.45, 2.75) is 6.92 Å². The first-order valence-corrected chi connectivity index (χ1v) is 9.04. The second kappa shape index (κ2) is 7.63. The number of carbonyl (C=O) groups excluding carboxylic acids is 1. The Labute approximate surface area is 162 Å². The number of anilines is 1. The summed E-state index contributed by atoms with van der Waals surface area (Å²) in [6.07, 6.45) is 5.18. The minimum Gasteiger partial charge on any atom is -0.480 e. The van der Waals surface area contributed by atoms with Crippen LogP contribution in [0.25, 0.3) is 5.82 Å². The summed E-state index contributed by atoms with van der Waals surface area (Å²) in [5.74, 6) is 2.53. The molecule has 4 heterocycles. The van der Waals surface area contributed by atoms with Crippen LogP contribution in [0.3, 0.4) is 0 Å². The minimum absolute atomic E-state index is 0.0688. The average Bonchev–Trinajstić information content (AvgIpc) is 3.28. The standard InChI is InChI=1S/C19H21N7O2/c1-14-22-16(13-17(23-14)26-8-4-7-21-26)24-9-11-25(12-10-24)19(27)15-5-3-6-20-18(15)28-2/h3-8,13H,9-12H2,1-2H3. The lowest BCUT2D eigenvalue weighted by molar-refractivity contribution is 0.0742. The van der Waals surface area contributed by atoms with Crippen LogP contribution < -0.4 is 9.64 Å². The highest BCUT2D eigenvalue weighted by molar-refractivity contribution is 5.96. The van der Waals surface area contributed by atoms with Gasteiger partial charge in [0, 0.05) is 50.8 Å². The molecule has 1 amide bonds. The third kappa shape index (κ3) is 3.51. The first-order valence-electron chi connectivity index (χ1n) is 9.04. The maximum Gasteiger partial charge on any atom is 0.259 e. The van der Waals surface area contributed by atoms with E-state index in [9.17, 15) is 4.79 Å². The van der Waals surface area contributed by atoms with Crippen molar-refractivity contribution >= 4 is 11.7 Å². The summed E-state index contributed by atoms with van der Waals surface area (Å²) < 4.78 is 6.93. The summed E-state index contributed by atoms with van der Waals surface area (Å²) in [4.78, 5) is 29.9. The summed E-state index contributed by atoms with van der Waals surface area (Å²) in [7, 11) is 1.52. The third-order valence-corrected chi connectivity index (χ3v) is 4.64. The van der Waals surface area contributed by atoms with Crippen LogP contribution in [0.15, 0.2) is 42.9 Å². The van der Waals surface area contributed by atoms with Crippen LogP contribution in [0.4, 0.5) is 5.82 Å². The number of hydrogen-bond acceptors (Lipinski definition) is 7. The molecule has 1 aliphatic rings. The normalized spacial score (nSPS) is 14.2. The van der Waals surface area contributed by atoms with Crippen molar-refractivity contribution < 1.29 is 9.53 Å². The first kappa shape index (κ1) is 17.9. The summed E-state index contributed by atoms with van der Waals surface area (Å²) in [5.41, 5.74) is 0.484. The van der Waals surface area contributed by atoms with Crippen molar-refractivity contribution in [1.29, 1.82) is 0 Å². The molecule has 0 spiro atoms. The van der Waals surface area contributed by atoms with E-state index < -0.39 is 0 Å². The predicted molar refractivity (Wildman–Crippen MR) is 103 cm³/mol. The van der Waals surface area contributed by atoms with Crippen LogP contribution in [0.1, 0.15) is 16.2 Å². The van der Waals surface area contributed by atoms with Crippen LogP contribution in [0.5, 0.6) is 5.88 Å². The number of pyridine rings is 1. The zero-order valence-electron chi connectivity index (χ0n) is 15.8. The topological polar surface area (TPSA) is 89.3 Å². The van der Waals surface area contributed by atoms with E-state index in [1.165, 1.54) is 7.11 Å². The molecule has 0 unspecified atom stereocenters. The van der Waals surface area contributed by atoms with Gasteiger partial charge >= 0.3 is 0 Å². The molecule has 1 aliphatic heterocycles. The van der Waals surface area contributed by atoms with E-state index in [1.54, 1.807) is 29.2 Å². The van der Waals surface area contributed by atoms with Crippen molar-refractivity contribution in [2.24, 2.45) is 0 Å². The number of aryl methyl sites for hydroxylation is 1. The number of nitrogens with zero attached hydrogens (tertiary/aromatic N) is 7. The number of aromatic nitrogens is 5. The minimum atomic E-state index is -0.0688. The Hall–Kier alpha value is -3.49. The number of piperazine rings is 1. The Morgan fingerprint density at radius 2 is 1.86 bits per heavy atom. The van der Waals surface area contributed by atoms with Gasteiger partial charge in [0.1, 0.15) is 17.2 Å². The first-order chi connectivity index (χ1) is 13.7. The van der Waals surface area contributed by atoms with Crippen molar-refractivity contribution in [3.8, 4) is 11.7 Å². The Bertz CT molecular complexity index is 966. The smallest absolute Gasteiger partial charge is 0.259 e. The van der Waals surface area contributed by atoms with Gasteiger partial charge in [-0.3, -0.25) is 4.79 Å². The Morgan fingerprint density at radius 3 is 2.57 bits per heavy atom. The van der Waals surface area contributed by atoms with E-state index in [2.05, 4.69) is 25.0 Å². The van der Waals surface area contributed by atoms with Crippen molar-refractivity contribution in [1.82, 2.24) is 29.6 Å². The molecule has 144 valence electrons. The van der Waals surface area contributed by atoms with Crippen LogP contribution in [0.2, 0.25) is 0 Å². The van der Waals surface area contributed by atoms with Gasteiger partial charge in [-0.2, -0.15) is 5.10 Å². The van der Waals surface area contributed by atoms with Crippen LogP contribution in [0, 0.1) is 6.92 Å². The van der Waals surface area contributed by atoms with Gasteiger partial charge in [0.15, 0.2) is 5.82 Å². The fraction of sp³-hybridized carbons (Fsp3) is 0.316. The van der Waals surface area contributed by atoms with Crippen molar-refractivity contribution in [3.05, 3.63) is 54.2 Å². The quantitative estimate of drug-likeness (QED) is 0.676. The summed E-state index contributed by atoms with van der Waals surface area (Å²) in [6.45, 7) is 4.42. The Balaban J connectivity index is 1.48. The van der Waals surface area contributed by atoms with Crippen LogP contribution >= 0.6 is 0 Å². The van der Waals surface area contributed by atoms with E-state index in [0.717, 1.165) is 11.6 Å². The molecule has 0 aromatic carbocycles. The SMILES string of the molecule is COc1ncccc1C(=O)N1CCN(c2cc(-n3cccn3)nc(C)n2)CC1. The van der Waals surface area contributed by atoms with Crippen LogP contribution in [-0.4, -0.2) is 68.8 Å². The van der Waals surface area contributed by atoms with Crippen molar-refractivity contribution in [2.75, 3.05) is 38.2 Å². The molecular formula is C19H21N7O2. The van der Waals surface area contributed by atoms with Gasteiger partial charge in [-0.05, 0) is 25.1 Å². The zero-order valence-corrected chi connectivity index (χ0v) is 15.8. The number of ether oxygens (including phenoxy) is 1. The average molecular weight is 379 g/mol. The number of hydrogen-bond donors (Lipinski definition) is 0. The number of carbonyl (C=O) groups is 1. The highest BCUT2D eigenvalue weighted by Gasteiger charge is 2.25. The molecule has 4 rings (SSSR count). The van der Waals surface area contributed by atoms with Gasteiger partial charge in [-0.25, -0.2) is 19.6 Å². The molecule has 3 aromatic rings. The largest absolute Gasteiger partial charge is 0.480 e. The van der Waals surface area contributed by atoms with Gasteiger partial charge in [-0.1, -0.05) is 0 Å². The summed E-state index contributed by atoms with van der Waals surface area (Å²) in [5, 5.41) is 4.24. The van der Waals surface area contributed by atoms with E-state index in [0.29, 0.717) is 43.4 Å². The lowest BCUT2D eigenvalue weighted by atomic mass is 10.2. The molecule has 0 aliphatic carbocycles. The zero-order chi connectivity index (χ0) is 19.5. The lowest BCUT2D eigenvalue weighted by Crippen LogP contribution is -2.49. The monoisotopic (exact) mass is 379 g/mol. The third-order valence-electron chi connectivity index (χ3n) is 4.64. The molecule has 28 heavy (non-hydrogen) atoms. The lowest BCUT2D eigenvalue weighted by Gasteiger charge is -2.35.